The van der Waals surface area contributed by atoms with Crippen molar-refractivity contribution in [2.24, 2.45) is 0 Å². The van der Waals surface area contributed by atoms with Crippen molar-refractivity contribution in [3.8, 4) is 23.0 Å². The van der Waals surface area contributed by atoms with Crippen molar-refractivity contribution in [3.63, 3.8) is 0 Å². The average Bonchev–Trinajstić information content (AvgIpc) is 2.72. The molecule has 0 radical (unpaired) electrons. The van der Waals surface area contributed by atoms with Crippen molar-refractivity contribution in [2.45, 2.75) is 32.7 Å². The number of ether oxygens (including phenoxy) is 4. The van der Waals surface area contributed by atoms with E-state index in [0.29, 0.717) is 30.3 Å². The Balaban J connectivity index is 1.85. The lowest BCUT2D eigenvalue weighted by Gasteiger charge is -2.23. The van der Waals surface area contributed by atoms with Crippen LogP contribution >= 0.6 is 0 Å². The second-order valence-electron chi connectivity index (χ2n) is 6.74. The molecule has 0 saturated carbocycles. The highest BCUT2D eigenvalue weighted by Gasteiger charge is 2.21. The summed E-state index contributed by atoms with van der Waals surface area (Å²) in [6.07, 6.45) is 1.75. The molecule has 2 aromatic carbocycles. The van der Waals surface area contributed by atoms with Gasteiger partial charge in [-0.05, 0) is 48.7 Å². The molecule has 0 bridgehead atoms. The summed E-state index contributed by atoms with van der Waals surface area (Å²) in [4.78, 5) is 13.0. The first-order valence-electron chi connectivity index (χ1n) is 9.50. The van der Waals surface area contributed by atoms with Gasteiger partial charge >= 0.3 is 0 Å². The van der Waals surface area contributed by atoms with Crippen molar-refractivity contribution in [1.29, 1.82) is 0 Å². The molecule has 1 N–H and O–H groups in total. The Bertz CT molecular complexity index is 849. The van der Waals surface area contributed by atoms with Crippen molar-refractivity contribution < 1.29 is 23.7 Å². The van der Waals surface area contributed by atoms with E-state index in [1.807, 2.05) is 31.2 Å². The van der Waals surface area contributed by atoms with Gasteiger partial charge in [-0.2, -0.15) is 0 Å². The minimum atomic E-state index is -0.146. The predicted octanol–water partition coefficient (Wildman–Crippen LogP) is 4.05. The molecule has 6 heteroatoms. The van der Waals surface area contributed by atoms with Crippen LogP contribution in [-0.4, -0.2) is 33.3 Å². The van der Waals surface area contributed by atoms with Gasteiger partial charge in [-0.25, -0.2) is 0 Å². The summed E-state index contributed by atoms with van der Waals surface area (Å²) in [7, 11) is 3.14. The Morgan fingerprint density at radius 3 is 2.43 bits per heavy atom. The number of carbonyl (C=O) groups is 1. The minimum Gasteiger partial charge on any atom is -0.493 e. The van der Waals surface area contributed by atoms with Crippen LogP contribution in [0.2, 0.25) is 0 Å². The normalized spacial score (nSPS) is 13.6. The zero-order valence-corrected chi connectivity index (χ0v) is 16.8. The van der Waals surface area contributed by atoms with E-state index in [1.165, 1.54) is 0 Å². The fourth-order valence-electron chi connectivity index (χ4n) is 3.35. The first kappa shape index (κ1) is 19.9. The van der Waals surface area contributed by atoms with Crippen LogP contribution in [0.5, 0.6) is 23.0 Å². The molecule has 1 unspecified atom stereocenters. The quantitative estimate of drug-likeness (QED) is 0.779. The van der Waals surface area contributed by atoms with Crippen LogP contribution in [0.15, 0.2) is 30.3 Å². The van der Waals surface area contributed by atoms with Crippen molar-refractivity contribution in [2.75, 3.05) is 27.4 Å². The molecular weight excluding hydrogens is 358 g/mol. The fraction of sp³-hybridized carbons (Fsp3) is 0.409. The number of hydrogen-bond acceptors (Lipinski definition) is 5. The second-order valence-corrected chi connectivity index (χ2v) is 6.74. The highest BCUT2D eigenvalue weighted by Crippen LogP contribution is 2.34. The first-order chi connectivity index (χ1) is 13.6. The Morgan fingerprint density at radius 1 is 1.07 bits per heavy atom. The molecule has 1 atom stereocenters. The van der Waals surface area contributed by atoms with Gasteiger partial charge in [-0.1, -0.05) is 19.4 Å². The number of methoxy groups -OCH3 is 2. The van der Waals surface area contributed by atoms with E-state index in [9.17, 15) is 4.79 Å². The maximum Gasteiger partial charge on any atom is 0.252 e. The van der Waals surface area contributed by atoms with Crippen LogP contribution in [0, 0.1) is 6.92 Å². The van der Waals surface area contributed by atoms with E-state index in [4.69, 9.17) is 18.9 Å². The third-order valence-corrected chi connectivity index (χ3v) is 4.83. The molecular formula is C22H27NO5. The van der Waals surface area contributed by atoms with Gasteiger partial charge in [-0.15, -0.1) is 0 Å². The molecule has 28 heavy (non-hydrogen) atoms. The minimum absolute atomic E-state index is 0.124. The van der Waals surface area contributed by atoms with E-state index in [0.717, 1.165) is 35.5 Å². The Kier molecular flexibility index (Phi) is 6.29. The van der Waals surface area contributed by atoms with Gasteiger partial charge in [0.05, 0.1) is 20.3 Å². The van der Waals surface area contributed by atoms with E-state index in [2.05, 4.69) is 12.2 Å². The van der Waals surface area contributed by atoms with Gasteiger partial charge in [0.15, 0.2) is 23.0 Å². The third-order valence-electron chi connectivity index (χ3n) is 4.83. The number of hydrogen-bond donors (Lipinski definition) is 1. The highest BCUT2D eigenvalue weighted by molar-refractivity contribution is 5.96. The molecule has 1 amide bonds. The summed E-state index contributed by atoms with van der Waals surface area (Å²) in [5.41, 5.74) is 2.39. The summed E-state index contributed by atoms with van der Waals surface area (Å²) in [6, 6.07) is 9.25. The van der Waals surface area contributed by atoms with Gasteiger partial charge in [0, 0.05) is 5.56 Å². The number of rotatable bonds is 7. The molecule has 2 aromatic rings. The first-order valence-corrected chi connectivity index (χ1v) is 9.50. The summed E-state index contributed by atoms with van der Waals surface area (Å²) < 4.78 is 21.9. The van der Waals surface area contributed by atoms with Gasteiger partial charge < -0.3 is 24.3 Å². The van der Waals surface area contributed by atoms with Crippen LogP contribution < -0.4 is 24.3 Å². The van der Waals surface area contributed by atoms with Gasteiger partial charge in [-0.3, -0.25) is 4.79 Å². The summed E-state index contributed by atoms with van der Waals surface area (Å²) in [6.45, 7) is 5.07. The number of nitrogens with one attached hydrogen (secondary N) is 1. The Morgan fingerprint density at radius 2 is 1.75 bits per heavy atom. The molecule has 0 fully saturated rings. The monoisotopic (exact) mass is 385 g/mol. The molecule has 0 aliphatic carbocycles. The lowest BCUT2D eigenvalue weighted by molar-refractivity contribution is 0.0933. The molecule has 1 heterocycles. The lowest BCUT2D eigenvalue weighted by atomic mass is 10.00. The molecule has 1 aliphatic rings. The summed E-state index contributed by atoms with van der Waals surface area (Å²) in [5, 5.41) is 3.16. The zero-order chi connectivity index (χ0) is 20.1. The number of aryl methyl sites for hydroxylation is 1. The summed E-state index contributed by atoms with van der Waals surface area (Å²) in [5.74, 6) is 2.46. The molecule has 6 nitrogen and oxygen atoms in total. The maximum atomic E-state index is 13.0. The zero-order valence-electron chi connectivity index (χ0n) is 16.8. The molecule has 3 rings (SSSR count). The van der Waals surface area contributed by atoms with Gasteiger partial charge in [0.2, 0.25) is 0 Å². The summed E-state index contributed by atoms with van der Waals surface area (Å²) >= 11 is 0. The van der Waals surface area contributed by atoms with Crippen LogP contribution in [0.25, 0.3) is 0 Å². The number of fused-ring (bicyclic) bond motifs is 1. The standard InChI is InChI=1S/C22H27NO5/c1-5-6-17(15-7-8-18-21(12-15)28-10-9-27-18)23-22(24)16-13-20(26-4)19(25-3)11-14(16)2/h7-8,11-13,17H,5-6,9-10H2,1-4H3,(H,23,24). The van der Waals surface area contributed by atoms with E-state index in [-0.39, 0.29) is 11.9 Å². The maximum absolute atomic E-state index is 13.0. The van der Waals surface area contributed by atoms with E-state index in [1.54, 1.807) is 20.3 Å². The van der Waals surface area contributed by atoms with Crippen LogP contribution in [-0.2, 0) is 0 Å². The predicted molar refractivity (Wildman–Crippen MR) is 107 cm³/mol. The number of benzene rings is 2. The highest BCUT2D eigenvalue weighted by atomic mass is 16.6. The molecule has 0 spiro atoms. The van der Waals surface area contributed by atoms with Crippen LogP contribution in [0.1, 0.15) is 47.3 Å². The molecule has 0 aromatic heterocycles. The van der Waals surface area contributed by atoms with Crippen molar-refractivity contribution in [1.82, 2.24) is 5.32 Å². The molecule has 1 aliphatic heterocycles. The lowest BCUT2D eigenvalue weighted by Crippen LogP contribution is -2.29. The average molecular weight is 385 g/mol. The van der Waals surface area contributed by atoms with Crippen LogP contribution in [0.3, 0.4) is 0 Å². The number of amides is 1. The Hall–Kier alpha value is -2.89. The molecule has 150 valence electrons. The van der Waals surface area contributed by atoms with E-state index < -0.39 is 0 Å². The van der Waals surface area contributed by atoms with Gasteiger partial charge in [0.1, 0.15) is 13.2 Å². The van der Waals surface area contributed by atoms with Gasteiger partial charge in [0.25, 0.3) is 5.91 Å². The topological polar surface area (TPSA) is 66.0 Å². The SMILES string of the molecule is CCCC(NC(=O)c1cc(OC)c(OC)cc1C)c1ccc2c(c1)OCCO2. The Labute approximate surface area is 165 Å². The second kappa shape index (κ2) is 8.87. The van der Waals surface area contributed by atoms with E-state index >= 15 is 0 Å². The third kappa shape index (κ3) is 4.16. The van der Waals surface area contributed by atoms with Crippen molar-refractivity contribution in [3.05, 3.63) is 47.0 Å². The fourth-order valence-corrected chi connectivity index (χ4v) is 3.35. The van der Waals surface area contributed by atoms with Crippen molar-refractivity contribution >= 4 is 5.91 Å². The smallest absolute Gasteiger partial charge is 0.252 e. The molecule has 0 saturated heterocycles. The van der Waals surface area contributed by atoms with Crippen LogP contribution in [0.4, 0.5) is 0 Å². The largest absolute Gasteiger partial charge is 0.493 e. The number of carbonyl (C=O) groups excluding carboxylic acids is 1.